The van der Waals surface area contributed by atoms with Gasteiger partial charge in [0.25, 0.3) is 5.91 Å². The molecule has 0 bridgehead atoms. The summed E-state index contributed by atoms with van der Waals surface area (Å²) in [5, 5.41) is 6.34. The monoisotopic (exact) mass is 540 g/mol. The minimum atomic E-state index is -0.635. The van der Waals surface area contributed by atoms with Crippen molar-refractivity contribution < 1.29 is 19.1 Å². The van der Waals surface area contributed by atoms with Gasteiger partial charge in [0, 0.05) is 28.3 Å². The lowest BCUT2D eigenvalue weighted by Gasteiger charge is -2.20. The summed E-state index contributed by atoms with van der Waals surface area (Å²) in [6.07, 6.45) is -0.501. The van der Waals surface area contributed by atoms with E-state index in [4.69, 9.17) is 27.9 Å². The number of carbonyl (C=O) groups excluding carboxylic acids is 3. The van der Waals surface area contributed by atoms with Crippen LogP contribution in [-0.2, 0) is 11.2 Å². The third-order valence-corrected chi connectivity index (χ3v) is 6.30. The first-order valence-corrected chi connectivity index (χ1v) is 12.5. The quantitative estimate of drug-likeness (QED) is 0.310. The van der Waals surface area contributed by atoms with Crippen LogP contribution in [0.2, 0.25) is 10.0 Å². The van der Waals surface area contributed by atoms with E-state index in [0.29, 0.717) is 49.2 Å². The summed E-state index contributed by atoms with van der Waals surface area (Å²) in [5.74, 6) is -0.388. The highest BCUT2D eigenvalue weighted by Gasteiger charge is 2.19. The SMILES string of the molecule is Cc1ccc(NC(=O)c2cc(C)c(C(=O)Cc3ccc(NC(=O)OC(C)(C)C)c(Cl)c3)cc2C)cc1Cl. The number of benzene rings is 3. The average Bonchev–Trinajstić information content (AvgIpc) is 2.78. The Morgan fingerprint density at radius 3 is 2.05 bits per heavy atom. The van der Waals surface area contributed by atoms with Crippen molar-refractivity contribution in [3.8, 4) is 0 Å². The molecule has 0 radical (unpaired) electrons. The zero-order valence-electron chi connectivity index (χ0n) is 21.7. The van der Waals surface area contributed by atoms with Crippen molar-refractivity contribution in [3.05, 3.63) is 92.0 Å². The van der Waals surface area contributed by atoms with E-state index in [-0.39, 0.29) is 18.1 Å². The summed E-state index contributed by atoms with van der Waals surface area (Å²) < 4.78 is 5.25. The van der Waals surface area contributed by atoms with Crippen LogP contribution in [0, 0.1) is 20.8 Å². The molecular formula is C29H30Cl2N2O4. The standard InChI is InChI=1S/C29H30Cl2N2O4/c1-16-7-9-20(15-23(16)30)32-27(35)22-12-17(2)21(11-18(22)3)26(34)14-19-8-10-25(24(31)13-19)33-28(36)37-29(4,5)6/h7-13,15H,14H2,1-6H3,(H,32,35)(H,33,36). The molecule has 2 N–H and O–H groups in total. The van der Waals surface area contributed by atoms with E-state index in [1.807, 2.05) is 13.0 Å². The second-order valence-electron chi connectivity index (χ2n) is 9.94. The minimum absolute atomic E-state index is 0.109. The second-order valence-corrected chi connectivity index (χ2v) is 10.8. The molecule has 0 saturated heterocycles. The Bertz CT molecular complexity index is 1380. The van der Waals surface area contributed by atoms with Crippen LogP contribution in [0.5, 0.6) is 0 Å². The van der Waals surface area contributed by atoms with E-state index in [2.05, 4.69) is 10.6 Å². The molecule has 0 fully saturated rings. The van der Waals surface area contributed by atoms with Crippen molar-refractivity contribution in [1.29, 1.82) is 0 Å². The van der Waals surface area contributed by atoms with E-state index in [1.54, 1.807) is 77.1 Å². The molecule has 194 valence electrons. The van der Waals surface area contributed by atoms with E-state index in [9.17, 15) is 14.4 Å². The Labute approximate surface area is 227 Å². The normalized spacial score (nSPS) is 11.1. The van der Waals surface area contributed by atoms with Gasteiger partial charge in [0.2, 0.25) is 0 Å². The molecule has 3 aromatic rings. The van der Waals surface area contributed by atoms with Gasteiger partial charge in [-0.15, -0.1) is 0 Å². The largest absolute Gasteiger partial charge is 0.444 e. The second kappa shape index (κ2) is 11.4. The summed E-state index contributed by atoms with van der Waals surface area (Å²) in [6.45, 7) is 10.8. The van der Waals surface area contributed by atoms with E-state index in [0.717, 1.165) is 5.56 Å². The zero-order valence-corrected chi connectivity index (χ0v) is 23.2. The molecule has 0 aliphatic carbocycles. The third-order valence-electron chi connectivity index (χ3n) is 5.58. The number of amides is 2. The van der Waals surface area contributed by atoms with E-state index < -0.39 is 11.7 Å². The minimum Gasteiger partial charge on any atom is -0.444 e. The molecule has 0 aliphatic heterocycles. The highest BCUT2D eigenvalue weighted by molar-refractivity contribution is 6.33. The first-order valence-electron chi connectivity index (χ1n) is 11.7. The van der Waals surface area contributed by atoms with Gasteiger partial charge >= 0.3 is 6.09 Å². The molecule has 0 saturated carbocycles. The highest BCUT2D eigenvalue weighted by Crippen LogP contribution is 2.26. The number of aryl methyl sites for hydroxylation is 3. The lowest BCUT2D eigenvalue weighted by Crippen LogP contribution is -2.27. The Morgan fingerprint density at radius 1 is 0.784 bits per heavy atom. The molecular weight excluding hydrogens is 511 g/mol. The maximum Gasteiger partial charge on any atom is 0.412 e. The molecule has 0 unspecified atom stereocenters. The number of hydrogen-bond acceptors (Lipinski definition) is 4. The number of hydrogen-bond donors (Lipinski definition) is 2. The molecule has 8 heteroatoms. The third kappa shape index (κ3) is 7.57. The molecule has 2 amide bonds. The molecule has 37 heavy (non-hydrogen) atoms. The number of anilines is 2. The predicted molar refractivity (Wildman–Crippen MR) is 149 cm³/mol. The number of ketones is 1. The lowest BCUT2D eigenvalue weighted by molar-refractivity contribution is 0.0635. The Kier molecular flexibility index (Phi) is 8.67. The molecule has 3 aromatic carbocycles. The molecule has 0 aliphatic rings. The van der Waals surface area contributed by atoms with Gasteiger partial charge < -0.3 is 10.1 Å². The van der Waals surface area contributed by atoms with Gasteiger partial charge in [-0.2, -0.15) is 0 Å². The first kappa shape index (κ1) is 28.2. The first-order chi connectivity index (χ1) is 17.2. The highest BCUT2D eigenvalue weighted by atomic mass is 35.5. The number of carbonyl (C=O) groups is 3. The molecule has 3 rings (SSSR count). The van der Waals surface area contributed by atoms with Crippen molar-refractivity contribution in [2.75, 3.05) is 10.6 Å². The molecule has 6 nitrogen and oxygen atoms in total. The van der Waals surface area contributed by atoms with E-state index >= 15 is 0 Å². The summed E-state index contributed by atoms with van der Waals surface area (Å²) >= 11 is 12.5. The average molecular weight is 541 g/mol. The Balaban J connectivity index is 1.72. The van der Waals surface area contributed by atoms with Crippen LogP contribution < -0.4 is 10.6 Å². The summed E-state index contributed by atoms with van der Waals surface area (Å²) in [4.78, 5) is 38.0. The van der Waals surface area contributed by atoms with Crippen LogP contribution in [0.3, 0.4) is 0 Å². The van der Waals surface area contributed by atoms with Crippen LogP contribution in [0.15, 0.2) is 48.5 Å². The fourth-order valence-corrected chi connectivity index (χ4v) is 4.13. The summed E-state index contributed by atoms with van der Waals surface area (Å²) in [7, 11) is 0. The van der Waals surface area contributed by atoms with Crippen molar-refractivity contribution in [3.63, 3.8) is 0 Å². The number of ether oxygens (including phenoxy) is 1. The maximum absolute atomic E-state index is 13.1. The smallest absolute Gasteiger partial charge is 0.412 e. The maximum atomic E-state index is 13.1. The van der Waals surface area contributed by atoms with Crippen molar-refractivity contribution in [2.24, 2.45) is 0 Å². The van der Waals surface area contributed by atoms with Crippen LogP contribution in [0.1, 0.15) is 63.7 Å². The van der Waals surface area contributed by atoms with Gasteiger partial charge in [0.15, 0.2) is 5.78 Å². The number of nitrogens with one attached hydrogen (secondary N) is 2. The molecule has 0 aromatic heterocycles. The van der Waals surface area contributed by atoms with Crippen molar-refractivity contribution in [2.45, 2.75) is 53.6 Å². The van der Waals surface area contributed by atoms with Crippen LogP contribution in [-0.4, -0.2) is 23.4 Å². The van der Waals surface area contributed by atoms with E-state index in [1.165, 1.54) is 0 Å². The molecule has 0 spiro atoms. The topological polar surface area (TPSA) is 84.5 Å². The van der Waals surface area contributed by atoms with Gasteiger partial charge in [0.1, 0.15) is 5.60 Å². The Hall–Kier alpha value is -3.35. The van der Waals surface area contributed by atoms with Gasteiger partial charge in [-0.25, -0.2) is 4.79 Å². The number of Topliss-reactive ketones (excluding diaryl/α,β-unsaturated/α-hetero) is 1. The van der Waals surface area contributed by atoms with Gasteiger partial charge in [-0.3, -0.25) is 14.9 Å². The number of halogens is 2. The van der Waals surface area contributed by atoms with Crippen molar-refractivity contribution in [1.82, 2.24) is 0 Å². The van der Waals surface area contributed by atoms with Crippen LogP contribution >= 0.6 is 23.2 Å². The van der Waals surface area contributed by atoms with Crippen molar-refractivity contribution >= 4 is 52.4 Å². The van der Waals surface area contributed by atoms with Crippen LogP contribution in [0.4, 0.5) is 16.2 Å². The van der Waals surface area contributed by atoms with Gasteiger partial charge in [-0.1, -0.05) is 35.3 Å². The predicted octanol–water partition coefficient (Wildman–Crippen LogP) is 7.94. The molecule has 0 atom stereocenters. The fraction of sp³-hybridized carbons (Fsp3) is 0.276. The molecule has 0 heterocycles. The lowest BCUT2D eigenvalue weighted by atomic mass is 9.94. The van der Waals surface area contributed by atoms with Gasteiger partial charge in [0.05, 0.1) is 10.7 Å². The fourth-order valence-electron chi connectivity index (χ4n) is 3.69. The van der Waals surface area contributed by atoms with Crippen LogP contribution in [0.25, 0.3) is 0 Å². The van der Waals surface area contributed by atoms with Gasteiger partial charge in [-0.05, 0) is 100 Å². The summed E-state index contributed by atoms with van der Waals surface area (Å²) in [5.41, 5.74) is 4.35. The number of rotatable bonds is 6. The zero-order chi connectivity index (χ0) is 27.5. The summed E-state index contributed by atoms with van der Waals surface area (Å²) in [6, 6.07) is 13.8. The Morgan fingerprint density at radius 2 is 1.43 bits per heavy atom.